The molecule has 3 nitrogen and oxygen atoms in total. The van der Waals surface area contributed by atoms with E-state index >= 15 is 0 Å². The molecule has 4 heteroatoms. The molecule has 0 N–H and O–H groups in total. The number of hydrogen-bond donors (Lipinski definition) is 0. The van der Waals surface area contributed by atoms with E-state index in [0.717, 1.165) is 37.2 Å². The normalized spacial score (nSPS) is 14.3. The van der Waals surface area contributed by atoms with E-state index in [0.29, 0.717) is 0 Å². The molecule has 0 aliphatic carbocycles. The summed E-state index contributed by atoms with van der Waals surface area (Å²) in [6, 6.07) is 6.06. The number of fused-ring (bicyclic) bond motifs is 1. The van der Waals surface area contributed by atoms with E-state index in [1.54, 1.807) is 18.3 Å². The van der Waals surface area contributed by atoms with Crippen LogP contribution < -0.4 is 4.90 Å². The van der Waals surface area contributed by atoms with Crippen molar-refractivity contribution >= 4 is 22.8 Å². The van der Waals surface area contributed by atoms with Crippen molar-refractivity contribution < 1.29 is 4.79 Å². The summed E-state index contributed by atoms with van der Waals surface area (Å²) in [5.41, 5.74) is 6.35. The van der Waals surface area contributed by atoms with Gasteiger partial charge in [-0.15, -0.1) is 11.3 Å². The molecule has 98 valence electrons. The summed E-state index contributed by atoms with van der Waals surface area (Å²) in [6.07, 6.45) is 2.20. The van der Waals surface area contributed by atoms with Crippen molar-refractivity contribution in [3.63, 3.8) is 0 Å². The first-order valence-corrected chi connectivity index (χ1v) is 7.44. The molecule has 0 unspecified atom stereocenters. The monoisotopic (exact) mass is 272 g/mol. The predicted molar refractivity (Wildman–Crippen MR) is 77.9 cm³/mol. The molecule has 19 heavy (non-hydrogen) atoms. The first kappa shape index (κ1) is 12.4. The van der Waals surface area contributed by atoms with Gasteiger partial charge in [0.2, 0.25) is 0 Å². The van der Waals surface area contributed by atoms with Gasteiger partial charge in [-0.05, 0) is 43.5 Å². The van der Waals surface area contributed by atoms with Gasteiger partial charge in [-0.1, -0.05) is 0 Å². The number of Topliss-reactive ketones (excluding diaryl/α,β-unsaturated/α-hetero) is 1. The zero-order valence-corrected chi connectivity index (χ0v) is 11.7. The molecule has 0 radical (unpaired) electrons. The lowest BCUT2D eigenvalue weighted by Gasteiger charge is -2.31. The Morgan fingerprint density at radius 1 is 1.47 bits per heavy atom. The topological polar surface area (TPSA) is 33.2 Å². The van der Waals surface area contributed by atoms with Gasteiger partial charge in [-0.2, -0.15) is 0 Å². The average Bonchev–Trinajstić information content (AvgIpc) is 2.91. The molecule has 1 aromatic heterocycles. The number of hydrogen-bond acceptors (Lipinski definition) is 4. The lowest BCUT2D eigenvalue weighted by molar-refractivity contribution is 0.101. The third-order valence-corrected chi connectivity index (χ3v) is 4.17. The number of rotatable bonds is 3. The highest BCUT2D eigenvalue weighted by molar-refractivity contribution is 7.07. The maximum absolute atomic E-state index is 11.4. The molecule has 2 aromatic rings. The highest BCUT2D eigenvalue weighted by Gasteiger charge is 2.18. The summed E-state index contributed by atoms with van der Waals surface area (Å²) in [5.74, 6) is 0.138. The number of aryl methyl sites for hydroxylation is 1. The SMILES string of the molecule is CC(=O)c1ccc2c(c1)CCCN2Cc1cscn1. The number of aromatic nitrogens is 1. The third kappa shape index (κ3) is 2.54. The second-order valence-corrected chi connectivity index (χ2v) is 5.62. The van der Waals surface area contributed by atoms with Crippen LogP contribution in [-0.2, 0) is 13.0 Å². The van der Waals surface area contributed by atoms with Crippen molar-refractivity contribution in [1.82, 2.24) is 4.98 Å². The van der Waals surface area contributed by atoms with Gasteiger partial charge in [0.25, 0.3) is 0 Å². The van der Waals surface area contributed by atoms with E-state index in [9.17, 15) is 4.79 Å². The Morgan fingerprint density at radius 3 is 3.11 bits per heavy atom. The van der Waals surface area contributed by atoms with Crippen molar-refractivity contribution in [3.05, 3.63) is 45.9 Å². The summed E-state index contributed by atoms with van der Waals surface area (Å²) in [4.78, 5) is 18.2. The smallest absolute Gasteiger partial charge is 0.159 e. The van der Waals surface area contributed by atoms with Crippen LogP contribution in [0.4, 0.5) is 5.69 Å². The molecule has 3 rings (SSSR count). The third-order valence-electron chi connectivity index (χ3n) is 3.54. The number of carbonyl (C=O) groups excluding carboxylic acids is 1. The van der Waals surface area contributed by atoms with Gasteiger partial charge in [-0.25, -0.2) is 4.98 Å². The van der Waals surface area contributed by atoms with Gasteiger partial charge in [0, 0.05) is 23.2 Å². The van der Waals surface area contributed by atoms with Gasteiger partial charge in [0.1, 0.15) is 0 Å². The first-order chi connectivity index (χ1) is 9.24. The molecule has 0 saturated carbocycles. The second kappa shape index (κ2) is 5.13. The maximum Gasteiger partial charge on any atom is 0.159 e. The molecule has 1 aromatic carbocycles. The lowest BCUT2D eigenvalue weighted by atomic mass is 9.98. The fourth-order valence-corrected chi connectivity index (χ4v) is 3.12. The standard InChI is InChI=1S/C15H16N2OS/c1-11(18)12-4-5-15-13(7-12)3-2-6-17(15)8-14-9-19-10-16-14/h4-5,7,9-10H,2-3,6,8H2,1H3. The molecule has 0 spiro atoms. The van der Waals surface area contributed by atoms with E-state index in [2.05, 4.69) is 21.3 Å². The molecule has 1 aliphatic rings. The number of thiazole rings is 1. The molecule has 0 saturated heterocycles. The summed E-state index contributed by atoms with van der Waals surface area (Å²) >= 11 is 1.63. The van der Waals surface area contributed by atoms with Crippen LogP contribution in [0.3, 0.4) is 0 Å². The first-order valence-electron chi connectivity index (χ1n) is 6.50. The Balaban J connectivity index is 1.89. The molecule has 1 aliphatic heterocycles. The van der Waals surface area contributed by atoms with Crippen molar-refractivity contribution in [2.24, 2.45) is 0 Å². The zero-order valence-electron chi connectivity index (χ0n) is 10.9. The maximum atomic E-state index is 11.4. The Morgan fingerprint density at radius 2 is 2.37 bits per heavy atom. The summed E-state index contributed by atoms with van der Waals surface area (Å²) in [7, 11) is 0. The number of carbonyl (C=O) groups is 1. The Bertz CT molecular complexity index is 592. The minimum Gasteiger partial charge on any atom is -0.365 e. The highest BCUT2D eigenvalue weighted by atomic mass is 32.1. The quantitative estimate of drug-likeness (QED) is 0.804. The number of anilines is 1. The Hall–Kier alpha value is -1.68. The van der Waals surface area contributed by atoms with Crippen LogP contribution in [0.2, 0.25) is 0 Å². The van der Waals surface area contributed by atoms with E-state index in [1.807, 2.05) is 17.6 Å². The van der Waals surface area contributed by atoms with Gasteiger partial charge in [0.15, 0.2) is 5.78 Å². The van der Waals surface area contributed by atoms with Crippen LogP contribution in [0.1, 0.15) is 35.0 Å². The number of nitrogens with zero attached hydrogens (tertiary/aromatic N) is 2. The number of ketones is 1. The van der Waals surface area contributed by atoms with Crippen LogP contribution in [0.5, 0.6) is 0 Å². The van der Waals surface area contributed by atoms with E-state index in [1.165, 1.54) is 11.3 Å². The minimum absolute atomic E-state index is 0.138. The fourth-order valence-electron chi connectivity index (χ4n) is 2.57. The predicted octanol–water partition coefficient (Wildman–Crippen LogP) is 3.30. The molecule has 0 bridgehead atoms. The van der Waals surface area contributed by atoms with Crippen LogP contribution in [0.25, 0.3) is 0 Å². The van der Waals surface area contributed by atoms with Crippen LogP contribution in [-0.4, -0.2) is 17.3 Å². The van der Waals surface area contributed by atoms with Crippen LogP contribution >= 0.6 is 11.3 Å². The van der Waals surface area contributed by atoms with Gasteiger partial charge >= 0.3 is 0 Å². The molecular formula is C15H16N2OS. The second-order valence-electron chi connectivity index (χ2n) is 4.90. The van der Waals surface area contributed by atoms with E-state index in [-0.39, 0.29) is 5.78 Å². The summed E-state index contributed by atoms with van der Waals surface area (Å²) in [5, 5.41) is 2.10. The van der Waals surface area contributed by atoms with Gasteiger partial charge < -0.3 is 4.90 Å². The van der Waals surface area contributed by atoms with Crippen molar-refractivity contribution in [3.8, 4) is 0 Å². The Labute approximate surface area is 116 Å². The Kier molecular flexibility index (Phi) is 3.34. The average molecular weight is 272 g/mol. The number of benzene rings is 1. The molecular weight excluding hydrogens is 256 g/mol. The lowest BCUT2D eigenvalue weighted by Crippen LogP contribution is -2.29. The van der Waals surface area contributed by atoms with Crippen LogP contribution in [0.15, 0.2) is 29.1 Å². The molecule has 0 amide bonds. The van der Waals surface area contributed by atoms with Crippen molar-refractivity contribution in [2.75, 3.05) is 11.4 Å². The highest BCUT2D eigenvalue weighted by Crippen LogP contribution is 2.29. The van der Waals surface area contributed by atoms with Gasteiger partial charge in [0.05, 0.1) is 17.7 Å². The molecule has 0 atom stereocenters. The largest absolute Gasteiger partial charge is 0.365 e. The van der Waals surface area contributed by atoms with Crippen molar-refractivity contribution in [1.29, 1.82) is 0 Å². The summed E-state index contributed by atoms with van der Waals surface area (Å²) < 4.78 is 0. The van der Waals surface area contributed by atoms with E-state index in [4.69, 9.17) is 0 Å². The van der Waals surface area contributed by atoms with Crippen LogP contribution in [0, 0.1) is 0 Å². The summed E-state index contributed by atoms with van der Waals surface area (Å²) in [6.45, 7) is 3.54. The molecule has 0 fully saturated rings. The van der Waals surface area contributed by atoms with Crippen molar-refractivity contribution in [2.45, 2.75) is 26.3 Å². The van der Waals surface area contributed by atoms with E-state index < -0.39 is 0 Å². The minimum atomic E-state index is 0.138. The fraction of sp³-hybridized carbons (Fsp3) is 0.333. The molecule has 2 heterocycles. The van der Waals surface area contributed by atoms with Gasteiger partial charge in [-0.3, -0.25) is 4.79 Å². The zero-order chi connectivity index (χ0) is 13.2.